The first-order valence-electron chi connectivity index (χ1n) is 3.75. The van der Waals surface area contributed by atoms with E-state index in [0.29, 0.717) is 4.75 Å². The summed E-state index contributed by atoms with van der Waals surface area (Å²) < 4.78 is 0.431. The first-order chi connectivity index (χ1) is 3.75. The smallest absolute Gasteiger partial charge is 0.0198 e. The molecule has 0 fully saturated rings. The zero-order valence-electron chi connectivity index (χ0n) is 8.91. The molecule has 0 amide bonds. The van der Waals surface area contributed by atoms with Gasteiger partial charge in [0.05, 0.1) is 0 Å². The van der Waals surface area contributed by atoms with Crippen molar-refractivity contribution in [2.24, 2.45) is 0 Å². The Balaban J connectivity index is 5.14. The second kappa shape index (κ2) is 1.43. The zero-order valence-corrected chi connectivity index (χ0v) is 9.72. The Morgan fingerprint density at radius 2 is 0.800 bits per heavy atom. The quantitative estimate of drug-likeness (QED) is 0.516. The van der Waals surface area contributed by atoms with E-state index in [1.165, 1.54) is 0 Å². The van der Waals surface area contributed by atoms with Crippen molar-refractivity contribution in [1.29, 1.82) is 0 Å². The second-order valence-corrected chi connectivity index (χ2v) is 18.6. The maximum atomic E-state index is 2.43. The predicted octanol–water partition coefficient (Wildman–Crippen LogP) is 2.81. The van der Waals surface area contributed by atoms with Gasteiger partial charge in [-0.15, -0.1) is 0 Å². The van der Waals surface area contributed by atoms with E-state index in [1.54, 1.807) is 0 Å². The molecular weight excluding hydrogens is 140 g/mol. The van der Waals surface area contributed by atoms with Gasteiger partial charge in [0.1, 0.15) is 0 Å². The molecule has 0 heterocycles. The van der Waals surface area contributed by atoms with Gasteiger partial charge in [-0.25, -0.2) is 0 Å². The molecule has 0 nitrogen and oxygen atoms in total. The summed E-state index contributed by atoms with van der Waals surface area (Å²) in [5, 5.41) is 0. The van der Waals surface area contributed by atoms with Crippen LogP contribution in [0.25, 0.3) is 0 Å². The van der Waals surface area contributed by atoms with Crippen LogP contribution >= 0.6 is 8.29 Å². The second-order valence-electron chi connectivity index (χ2n) is 7.22. The Hall–Kier alpha value is 0.350. The van der Waals surface area contributed by atoms with Gasteiger partial charge >= 0.3 is 0 Å². The van der Waals surface area contributed by atoms with Gasteiger partial charge in [0.15, 0.2) is 0 Å². The van der Waals surface area contributed by atoms with Crippen molar-refractivity contribution < 1.29 is 0 Å². The Morgan fingerprint density at radius 1 is 0.700 bits per heavy atom. The maximum absolute atomic E-state index is 2.43. The van der Waals surface area contributed by atoms with Crippen LogP contribution in [0.3, 0.4) is 0 Å². The van der Waals surface area contributed by atoms with Gasteiger partial charge in [-0.2, -0.15) is 0 Å². The molecule has 0 aliphatic rings. The van der Waals surface area contributed by atoms with Crippen molar-refractivity contribution in [2.75, 3.05) is 31.3 Å². The highest BCUT2D eigenvalue weighted by Crippen LogP contribution is 2.83. The Labute approximate surface area is 65.7 Å². The third-order valence-electron chi connectivity index (χ3n) is 3.06. The summed E-state index contributed by atoms with van der Waals surface area (Å²) in [5.41, 5.74) is 0. The Morgan fingerprint density at radius 3 is 0.800 bits per heavy atom. The summed E-state index contributed by atoms with van der Waals surface area (Å²) in [5.74, 6) is 0. The minimum atomic E-state index is -1.75. The fourth-order valence-corrected chi connectivity index (χ4v) is 0. The summed E-state index contributed by atoms with van der Waals surface area (Å²) in [6.45, 7) is 7.03. The Bertz CT molecular complexity index is 135. The molecule has 0 rings (SSSR count). The van der Waals surface area contributed by atoms with E-state index >= 15 is 0 Å². The van der Waals surface area contributed by atoms with E-state index in [1.807, 2.05) is 0 Å². The van der Waals surface area contributed by atoms with Gasteiger partial charge in [-0.05, 0) is 36.0 Å². The van der Waals surface area contributed by atoms with Crippen LogP contribution in [0, 0.1) is 0 Å². The van der Waals surface area contributed by atoms with E-state index in [0.717, 1.165) is 0 Å². The van der Waals surface area contributed by atoms with E-state index in [2.05, 4.69) is 52.1 Å². The predicted molar refractivity (Wildman–Crippen MR) is 57.0 cm³/mol. The lowest BCUT2D eigenvalue weighted by Crippen LogP contribution is -2.46. The van der Waals surface area contributed by atoms with Crippen molar-refractivity contribution in [3.05, 3.63) is 0 Å². The fraction of sp³-hybridized carbons (Fsp3) is 1.00. The first kappa shape index (κ1) is 10.3. The minimum Gasteiger partial charge on any atom is -0.282 e. The summed E-state index contributed by atoms with van der Waals surface area (Å²) in [6, 6.07) is 0. The average Bonchev–Trinajstić information content (AvgIpc) is 1.16. The highest BCUT2D eigenvalue weighted by atomic mass is 32.4. The molecule has 66 valence electrons. The lowest BCUT2D eigenvalue weighted by atomic mass is 10.3. The van der Waals surface area contributed by atoms with Crippen LogP contribution in [0.1, 0.15) is 20.8 Å². The van der Waals surface area contributed by atoms with E-state index in [9.17, 15) is 0 Å². The van der Waals surface area contributed by atoms with Gasteiger partial charge in [0, 0.05) is 0 Å². The maximum Gasteiger partial charge on any atom is -0.0198 e. The number of rotatable bonds is 0. The molecule has 0 bridgehead atoms. The SMILES string of the molecule is CC(C)(C)S(C)(C)(C)(C)C. The molecule has 0 aromatic heterocycles. The molecule has 0 N–H and O–H groups in total. The summed E-state index contributed by atoms with van der Waals surface area (Å²) in [6.07, 6.45) is 12.2. The molecule has 0 aliphatic heterocycles. The molecule has 1 heteroatoms. The standard InChI is InChI=1S/C9H24S/c1-9(2,3)10(4,5,6,7)8/h1-8H3. The monoisotopic (exact) mass is 164 g/mol. The van der Waals surface area contributed by atoms with E-state index < -0.39 is 8.29 Å². The molecule has 0 atom stereocenters. The van der Waals surface area contributed by atoms with Crippen molar-refractivity contribution >= 4 is 8.29 Å². The molecule has 0 saturated carbocycles. The van der Waals surface area contributed by atoms with Crippen LogP contribution in [0.5, 0.6) is 0 Å². The van der Waals surface area contributed by atoms with Gasteiger partial charge in [0.2, 0.25) is 0 Å². The zero-order chi connectivity index (χ0) is 8.91. The molecule has 0 spiro atoms. The topological polar surface area (TPSA) is 0 Å². The van der Waals surface area contributed by atoms with E-state index in [-0.39, 0.29) is 0 Å². The van der Waals surface area contributed by atoms with Gasteiger partial charge in [0.25, 0.3) is 0 Å². The molecule has 0 aromatic rings. The van der Waals surface area contributed by atoms with Crippen LogP contribution in [0.2, 0.25) is 0 Å². The Kier molecular flexibility index (Phi) is 1.48. The molecule has 0 aliphatic carbocycles. The van der Waals surface area contributed by atoms with Crippen molar-refractivity contribution in [3.63, 3.8) is 0 Å². The van der Waals surface area contributed by atoms with Crippen LogP contribution in [0.15, 0.2) is 0 Å². The minimum absolute atomic E-state index is 0.431. The first-order valence-corrected chi connectivity index (χ1v) is 8.24. The lowest BCUT2D eigenvalue weighted by Gasteiger charge is -2.75. The molecule has 0 unspecified atom stereocenters. The van der Waals surface area contributed by atoms with E-state index in [4.69, 9.17) is 0 Å². The molecule has 0 saturated heterocycles. The van der Waals surface area contributed by atoms with Crippen LogP contribution < -0.4 is 0 Å². The third kappa shape index (κ3) is 1.91. The lowest BCUT2D eigenvalue weighted by molar-refractivity contribution is 0.770. The highest BCUT2D eigenvalue weighted by molar-refractivity contribution is 8.63. The van der Waals surface area contributed by atoms with Crippen LogP contribution in [-0.4, -0.2) is 36.0 Å². The van der Waals surface area contributed by atoms with Crippen molar-refractivity contribution in [3.8, 4) is 0 Å². The molecule has 10 heavy (non-hydrogen) atoms. The normalized spacial score (nSPS) is 21.6. The van der Waals surface area contributed by atoms with Crippen molar-refractivity contribution in [2.45, 2.75) is 25.5 Å². The van der Waals surface area contributed by atoms with Crippen molar-refractivity contribution in [1.82, 2.24) is 0 Å². The van der Waals surface area contributed by atoms with Crippen LogP contribution in [-0.2, 0) is 0 Å². The average molecular weight is 164 g/mol. The number of hydrogen-bond acceptors (Lipinski definition) is 0. The molecular formula is C9H24S. The third-order valence-corrected chi connectivity index (χ3v) is 9.19. The summed E-state index contributed by atoms with van der Waals surface area (Å²) in [7, 11) is -1.75. The highest BCUT2D eigenvalue weighted by Gasteiger charge is 2.48. The molecule has 0 aromatic carbocycles. The number of hydrogen-bond donors (Lipinski definition) is 0. The fourth-order valence-electron chi connectivity index (χ4n) is 0. The van der Waals surface area contributed by atoms with Gasteiger partial charge in [-0.3, -0.25) is 8.29 Å². The van der Waals surface area contributed by atoms with Gasteiger partial charge < -0.3 is 0 Å². The summed E-state index contributed by atoms with van der Waals surface area (Å²) >= 11 is 0. The summed E-state index contributed by atoms with van der Waals surface area (Å²) in [4.78, 5) is 0. The van der Waals surface area contributed by atoms with Crippen LogP contribution in [0.4, 0.5) is 0 Å². The largest absolute Gasteiger partial charge is 0.282 e. The molecule has 0 radical (unpaired) electrons. The van der Waals surface area contributed by atoms with Gasteiger partial charge in [-0.1, -0.05) is 20.8 Å².